The van der Waals surface area contributed by atoms with Crippen molar-refractivity contribution in [2.45, 2.75) is 0 Å². The van der Waals surface area contributed by atoms with Gasteiger partial charge in [0.15, 0.2) is 6.61 Å². The smallest absolute Gasteiger partial charge is 0.206 e. The second kappa shape index (κ2) is 6.09. The van der Waals surface area contributed by atoms with Crippen molar-refractivity contribution in [2.75, 3.05) is 6.61 Å². The monoisotopic (exact) mass is 344 g/mol. The standard InChI is InChI=1S/C14H8BrF3O2/c15-8-4-9(16)6-10(5-8)20-7-13(19)14-11(17)2-1-3-12(14)18/h1-6H,7H2. The summed E-state index contributed by atoms with van der Waals surface area (Å²) in [7, 11) is 0. The van der Waals surface area contributed by atoms with Gasteiger partial charge in [-0.1, -0.05) is 22.0 Å². The largest absolute Gasteiger partial charge is 0.485 e. The fourth-order valence-corrected chi connectivity index (χ4v) is 2.04. The normalized spacial score (nSPS) is 10.4. The summed E-state index contributed by atoms with van der Waals surface area (Å²) in [5, 5.41) is 0. The van der Waals surface area contributed by atoms with Crippen LogP contribution in [-0.2, 0) is 0 Å². The molecule has 0 N–H and O–H groups in total. The number of hydrogen-bond acceptors (Lipinski definition) is 2. The van der Waals surface area contributed by atoms with Gasteiger partial charge >= 0.3 is 0 Å². The van der Waals surface area contributed by atoms with Crippen molar-refractivity contribution in [1.82, 2.24) is 0 Å². The second-order valence-corrected chi connectivity index (χ2v) is 4.83. The molecule has 0 unspecified atom stereocenters. The molecule has 2 aromatic carbocycles. The van der Waals surface area contributed by atoms with E-state index in [9.17, 15) is 18.0 Å². The Morgan fingerprint density at radius 2 is 1.75 bits per heavy atom. The van der Waals surface area contributed by atoms with E-state index in [1.165, 1.54) is 12.1 Å². The molecule has 0 radical (unpaired) electrons. The predicted octanol–water partition coefficient (Wildman–Crippen LogP) is 4.13. The van der Waals surface area contributed by atoms with E-state index >= 15 is 0 Å². The van der Waals surface area contributed by atoms with Crippen molar-refractivity contribution in [2.24, 2.45) is 0 Å². The van der Waals surface area contributed by atoms with E-state index in [0.29, 0.717) is 4.47 Å². The Bertz CT molecular complexity index is 618. The fourth-order valence-electron chi connectivity index (χ4n) is 1.60. The van der Waals surface area contributed by atoms with E-state index in [4.69, 9.17) is 4.74 Å². The minimum Gasteiger partial charge on any atom is -0.485 e. The molecule has 0 aliphatic rings. The molecule has 0 heterocycles. The van der Waals surface area contributed by atoms with E-state index in [-0.39, 0.29) is 5.75 Å². The van der Waals surface area contributed by atoms with Gasteiger partial charge in [0, 0.05) is 10.5 Å². The summed E-state index contributed by atoms with van der Waals surface area (Å²) in [6.45, 7) is -0.590. The van der Waals surface area contributed by atoms with E-state index in [1.54, 1.807) is 0 Å². The van der Waals surface area contributed by atoms with Crippen LogP contribution in [0.1, 0.15) is 10.4 Å². The van der Waals surface area contributed by atoms with Crippen LogP contribution in [0.5, 0.6) is 5.75 Å². The number of ether oxygens (including phenoxy) is 1. The first-order chi connectivity index (χ1) is 9.47. The maximum Gasteiger partial charge on any atom is 0.206 e. The highest BCUT2D eigenvalue weighted by atomic mass is 79.9. The van der Waals surface area contributed by atoms with Crippen LogP contribution in [-0.4, -0.2) is 12.4 Å². The molecule has 104 valence electrons. The number of Topliss-reactive ketones (excluding diaryl/α,β-unsaturated/α-hetero) is 1. The summed E-state index contributed by atoms with van der Waals surface area (Å²) < 4.78 is 45.3. The molecule has 0 amide bonds. The number of rotatable bonds is 4. The maximum atomic E-state index is 13.4. The summed E-state index contributed by atoms with van der Waals surface area (Å²) in [6, 6.07) is 6.84. The highest BCUT2D eigenvalue weighted by Crippen LogP contribution is 2.21. The Hall–Kier alpha value is -1.82. The lowest BCUT2D eigenvalue weighted by atomic mass is 10.1. The topological polar surface area (TPSA) is 26.3 Å². The lowest BCUT2D eigenvalue weighted by Crippen LogP contribution is -2.15. The average molecular weight is 345 g/mol. The van der Waals surface area contributed by atoms with E-state index in [0.717, 1.165) is 24.3 Å². The van der Waals surface area contributed by atoms with E-state index in [1.807, 2.05) is 0 Å². The van der Waals surface area contributed by atoms with Crippen LogP contribution in [0.3, 0.4) is 0 Å². The molecule has 2 rings (SSSR count). The average Bonchev–Trinajstić information content (AvgIpc) is 2.35. The zero-order chi connectivity index (χ0) is 14.7. The van der Waals surface area contributed by atoms with E-state index in [2.05, 4.69) is 15.9 Å². The molecule has 0 aromatic heterocycles. The van der Waals surface area contributed by atoms with Gasteiger partial charge in [-0.2, -0.15) is 0 Å². The van der Waals surface area contributed by atoms with Gasteiger partial charge in [0.2, 0.25) is 5.78 Å². The number of carbonyl (C=O) groups is 1. The van der Waals surface area contributed by atoms with Crippen molar-refractivity contribution in [3.8, 4) is 5.75 Å². The molecule has 6 heteroatoms. The van der Waals surface area contributed by atoms with E-state index < -0.39 is 35.4 Å². The third kappa shape index (κ3) is 3.39. The van der Waals surface area contributed by atoms with Crippen LogP contribution < -0.4 is 4.74 Å². The fraction of sp³-hybridized carbons (Fsp3) is 0.0714. The van der Waals surface area contributed by atoms with Gasteiger partial charge in [-0.3, -0.25) is 4.79 Å². The summed E-state index contributed by atoms with van der Waals surface area (Å²) in [6.07, 6.45) is 0. The molecular weight excluding hydrogens is 337 g/mol. The Balaban J connectivity index is 2.13. The van der Waals surface area contributed by atoms with Crippen LogP contribution in [0, 0.1) is 17.5 Å². The number of halogens is 4. The van der Waals surface area contributed by atoms with Crippen LogP contribution in [0.15, 0.2) is 40.9 Å². The molecule has 0 atom stereocenters. The van der Waals surface area contributed by atoms with Gasteiger partial charge in [0.05, 0.1) is 5.56 Å². The SMILES string of the molecule is O=C(COc1cc(F)cc(Br)c1)c1c(F)cccc1F. The Kier molecular flexibility index (Phi) is 4.44. The lowest BCUT2D eigenvalue weighted by Gasteiger charge is -2.07. The lowest BCUT2D eigenvalue weighted by molar-refractivity contribution is 0.0912. The third-order valence-corrected chi connectivity index (χ3v) is 2.91. The van der Waals surface area contributed by atoms with Crippen molar-refractivity contribution in [3.05, 3.63) is 63.9 Å². The van der Waals surface area contributed by atoms with Crippen molar-refractivity contribution >= 4 is 21.7 Å². The molecule has 2 nitrogen and oxygen atoms in total. The number of carbonyl (C=O) groups excluding carboxylic acids is 1. The van der Waals surface area contributed by atoms with Gasteiger partial charge < -0.3 is 4.74 Å². The number of ketones is 1. The Labute approximate surface area is 121 Å². The second-order valence-electron chi connectivity index (χ2n) is 3.91. The molecule has 0 saturated carbocycles. The Morgan fingerprint density at radius 3 is 2.35 bits per heavy atom. The van der Waals surface area contributed by atoms with Gasteiger partial charge in [-0.25, -0.2) is 13.2 Å². The minimum absolute atomic E-state index is 0.0852. The molecule has 20 heavy (non-hydrogen) atoms. The Morgan fingerprint density at radius 1 is 1.10 bits per heavy atom. The first-order valence-corrected chi connectivity index (χ1v) is 6.33. The van der Waals surface area contributed by atoms with Gasteiger partial charge in [-0.05, 0) is 24.3 Å². The summed E-state index contributed by atoms with van der Waals surface area (Å²) in [4.78, 5) is 11.7. The van der Waals surface area contributed by atoms with Crippen LogP contribution in [0.4, 0.5) is 13.2 Å². The first kappa shape index (κ1) is 14.6. The molecule has 0 fully saturated rings. The van der Waals surface area contributed by atoms with Crippen LogP contribution in [0.25, 0.3) is 0 Å². The van der Waals surface area contributed by atoms with Crippen molar-refractivity contribution in [1.29, 1.82) is 0 Å². The summed E-state index contributed by atoms with van der Waals surface area (Å²) in [5.41, 5.74) is -0.664. The van der Waals surface area contributed by atoms with Gasteiger partial charge in [-0.15, -0.1) is 0 Å². The highest BCUT2D eigenvalue weighted by molar-refractivity contribution is 9.10. The van der Waals surface area contributed by atoms with Crippen LogP contribution >= 0.6 is 15.9 Å². The highest BCUT2D eigenvalue weighted by Gasteiger charge is 2.17. The van der Waals surface area contributed by atoms with Crippen molar-refractivity contribution in [3.63, 3.8) is 0 Å². The van der Waals surface area contributed by atoms with Gasteiger partial charge in [0.25, 0.3) is 0 Å². The maximum absolute atomic E-state index is 13.4. The third-order valence-electron chi connectivity index (χ3n) is 2.45. The molecule has 0 spiro atoms. The summed E-state index contributed by atoms with van der Waals surface area (Å²) >= 11 is 3.06. The van der Waals surface area contributed by atoms with Crippen molar-refractivity contribution < 1.29 is 22.7 Å². The minimum atomic E-state index is -0.959. The molecule has 0 aliphatic heterocycles. The predicted molar refractivity (Wildman–Crippen MR) is 70.3 cm³/mol. The van der Waals surface area contributed by atoms with Crippen LogP contribution in [0.2, 0.25) is 0 Å². The zero-order valence-electron chi connectivity index (χ0n) is 10.00. The molecule has 0 saturated heterocycles. The number of benzene rings is 2. The molecule has 0 aliphatic carbocycles. The zero-order valence-corrected chi connectivity index (χ0v) is 11.6. The first-order valence-electron chi connectivity index (χ1n) is 5.53. The number of hydrogen-bond donors (Lipinski definition) is 0. The van der Waals surface area contributed by atoms with Gasteiger partial charge in [0.1, 0.15) is 23.2 Å². The quantitative estimate of drug-likeness (QED) is 0.779. The molecule has 2 aromatic rings. The summed E-state index contributed by atoms with van der Waals surface area (Å²) in [5.74, 6) is -3.25. The molecular formula is C14H8BrF3O2. The molecule has 0 bridgehead atoms.